The van der Waals surface area contributed by atoms with Gasteiger partial charge in [-0.3, -0.25) is 0 Å². The van der Waals surface area contributed by atoms with E-state index in [4.69, 9.17) is 11.6 Å². The maximum Gasteiger partial charge on any atom is 0.251 e. The van der Waals surface area contributed by atoms with Gasteiger partial charge in [0.15, 0.2) is 0 Å². The highest BCUT2D eigenvalue weighted by atomic mass is 35.5. The van der Waals surface area contributed by atoms with E-state index in [0.29, 0.717) is 11.4 Å². The molecule has 0 aromatic heterocycles. The molecule has 1 aromatic rings. The van der Waals surface area contributed by atoms with Crippen LogP contribution in [0.5, 0.6) is 0 Å². The minimum absolute atomic E-state index is 0.0373. The van der Waals surface area contributed by atoms with E-state index in [2.05, 4.69) is 0 Å². The fraction of sp³-hybridized carbons (Fsp3) is 0.400. The lowest BCUT2D eigenvalue weighted by molar-refractivity contribution is 0.0989. The van der Waals surface area contributed by atoms with Crippen molar-refractivity contribution in [3.05, 3.63) is 34.9 Å². The van der Waals surface area contributed by atoms with Crippen LogP contribution in [0.3, 0.4) is 0 Å². The first-order valence-electron chi connectivity index (χ1n) is 4.20. The molecular formula is C10H9ClF2. The van der Waals surface area contributed by atoms with Crippen molar-refractivity contribution in [2.45, 2.75) is 18.8 Å². The molecule has 0 nitrogen and oxygen atoms in total. The Morgan fingerprint density at radius 1 is 1.31 bits per heavy atom. The fourth-order valence-electron chi connectivity index (χ4n) is 1.40. The summed E-state index contributed by atoms with van der Waals surface area (Å²) >= 11 is 5.67. The first kappa shape index (κ1) is 8.95. The van der Waals surface area contributed by atoms with E-state index in [9.17, 15) is 8.78 Å². The topological polar surface area (TPSA) is 0 Å². The van der Waals surface area contributed by atoms with Crippen LogP contribution >= 0.6 is 11.6 Å². The predicted octanol–water partition coefficient (Wildman–Crippen LogP) is 3.54. The second kappa shape index (κ2) is 2.95. The minimum Gasteiger partial charge on any atom is -0.207 e. The van der Waals surface area contributed by atoms with Crippen LogP contribution in [0.4, 0.5) is 8.78 Å². The summed E-state index contributed by atoms with van der Waals surface area (Å²) in [5.41, 5.74) is 0.937. The van der Waals surface area contributed by atoms with Crippen LogP contribution in [-0.4, -0.2) is 5.92 Å². The van der Waals surface area contributed by atoms with Gasteiger partial charge in [0.25, 0.3) is 5.92 Å². The van der Waals surface area contributed by atoms with Crippen LogP contribution in [0.25, 0.3) is 0 Å². The molecule has 1 fully saturated rings. The smallest absolute Gasteiger partial charge is 0.207 e. The van der Waals surface area contributed by atoms with Gasteiger partial charge in [0, 0.05) is 17.4 Å². The van der Waals surface area contributed by atoms with Gasteiger partial charge < -0.3 is 0 Å². The van der Waals surface area contributed by atoms with Gasteiger partial charge in [0.2, 0.25) is 0 Å². The maximum absolute atomic E-state index is 12.5. The summed E-state index contributed by atoms with van der Waals surface area (Å²) in [5, 5.41) is 0.645. The van der Waals surface area contributed by atoms with Crippen molar-refractivity contribution >= 4 is 11.6 Å². The zero-order chi connectivity index (χ0) is 9.47. The van der Waals surface area contributed by atoms with Crippen molar-refractivity contribution in [2.24, 2.45) is 5.92 Å². The third kappa shape index (κ3) is 1.99. The molecule has 0 spiro atoms. The quantitative estimate of drug-likeness (QED) is 0.688. The molecule has 1 aromatic carbocycles. The zero-order valence-electron chi connectivity index (χ0n) is 6.93. The molecule has 70 valence electrons. The average molecular weight is 203 g/mol. The number of hydrogen-bond acceptors (Lipinski definition) is 0. The van der Waals surface area contributed by atoms with Crippen molar-refractivity contribution in [1.29, 1.82) is 0 Å². The molecule has 1 aliphatic rings. The molecular weight excluding hydrogens is 194 g/mol. The maximum atomic E-state index is 12.5. The van der Waals surface area contributed by atoms with Gasteiger partial charge >= 0.3 is 0 Å². The SMILES string of the molecule is FC1(F)CC1Cc1ccc(Cl)cc1. The van der Waals surface area contributed by atoms with E-state index < -0.39 is 11.8 Å². The standard InChI is InChI=1S/C10H9ClF2/c11-9-3-1-7(2-4-9)5-8-6-10(8,12)13/h1-4,8H,5-6H2. The van der Waals surface area contributed by atoms with Gasteiger partial charge in [0.05, 0.1) is 0 Å². The molecule has 1 aliphatic carbocycles. The lowest BCUT2D eigenvalue weighted by atomic mass is 10.1. The number of rotatable bonds is 2. The second-order valence-electron chi connectivity index (χ2n) is 3.49. The molecule has 1 unspecified atom stereocenters. The van der Waals surface area contributed by atoms with Gasteiger partial charge in [-0.1, -0.05) is 23.7 Å². The van der Waals surface area contributed by atoms with Gasteiger partial charge in [-0.2, -0.15) is 0 Å². The highest BCUT2D eigenvalue weighted by Gasteiger charge is 2.56. The normalized spacial score (nSPS) is 24.4. The van der Waals surface area contributed by atoms with Crippen molar-refractivity contribution in [2.75, 3.05) is 0 Å². The van der Waals surface area contributed by atoms with Crippen molar-refractivity contribution in [3.8, 4) is 0 Å². The molecule has 0 amide bonds. The molecule has 0 heterocycles. The molecule has 0 bridgehead atoms. The number of benzene rings is 1. The van der Waals surface area contributed by atoms with Crippen molar-refractivity contribution in [1.82, 2.24) is 0 Å². The second-order valence-corrected chi connectivity index (χ2v) is 3.93. The summed E-state index contributed by atoms with van der Waals surface area (Å²) in [6.45, 7) is 0. The Hall–Kier alpha value is -0.630. The van der Waals surface area contributed by atoms with Gasteiger partial charge in [-0.15, -0.1) is 0 Å². The fourth-order valence-corrected chi connectivity index (χ4v) is 1.52. The Morgan fingerprint density at radius 3 is 2.31 bits per heavy atom. The predicted molar refractivity (Wildman–Crippen MR) is 48.2 cm³/mol. The number of alkyl halides is 2. The van der Waals surface area contributed by atoms with E-state index in [0.717, 1.165) is 5.56 Å². The van der Waals surface area contributed by atoms with Crippen LogP contribution in [0.2, 0.25) is 5.02 Å². The molecule has 0 radical (unpaired) electrons. The average Bonchev–Trinajstić information content (AvgIpc) is 2.64. The van der Waals surface area contributed by atoms with E-state index in [1.54, 1.807) is 24.3 Å². The van der Waals surface area contributed by atoms with Gasteiger partial charge in [0.1, 0.15) is 0 Å². The summed E-state index contributed by atoms with van der Waals surface area (Å²) in [4.78, 5) is 0. The third-order valence-electron chi connectivity index (χ3n) is 2.35. The van der Waals surface area contributed by atoms with Crippen molar-refractivity contribution < 1.29 is 8.78 Å². The largest absolute Gasteiger partial charge is 0.251 e. The molecule has 0 N–H and O–H groups in total. The summed E-state index contributed by atoms with van der Waals surface area (Å²) in [7, 11) is 0. The van der Waals surface area contributed by atoms with Crippen LogP contribution in [0, 0.1) is 5.92 Å². The van der Waals surface area contributed by atoms with Crippen LogP contribution in [-0.2, 0) is 6.42 Å². The van der Waals surface area contributed by atoms with Crippen LogP contribution in [0.1, 0.15) is 12.0 Å². The molecule has 1 atom stereocenters. The van der Waals surface area contributed by atoms with E-state index in [-0.39, 0.29) is 6.42 Å². The number of hydrogen-bond donors (Lipinski definition) is 0. The molecule has 13 heavy (non-hydrogen) atoms. The first-order valence-corrected chi connectivity index (χ1v) is 4.58. The van der Waals surface area contributed by atoms with Crippen molar-refractivity contribution in [3.63, 3.8) is 0 Å². The Balaban J connectivity index is 2.00. The molecule has 3 heteroatoms. The third-order valence-corrected chi connectivity index (χ3v) is 2.60. The van der Waals surface area contributed by atoms with E-state index >= 15 is 0 Å². The Morgan fingerprint density at radius 2 is 1.85 bits per heavy atom. The molecule has 0 saturated heterocycles. The molecule has 2 rings (SSSR count). The highest BCUT2D eigenvalue weighted by Crippen LogP contribution is 2.50. The molecule has 0 aliphatic heterocycles. The van der Waals surface area contributed by atoms with E-state index in [1.165, 1.54) is 0 Å². The lowest BCUT2D eigenvalue weighted by Crippen LogP contribution is -1.97. The Labute approximate surface area is 80.5 Å². The van der Waals surface area contributed by atoms with E-state index in [1.807, 2.05) is 0 Å². The summed E-state index contributed by atoms with van der Waals surface area (Å²) in [6.07, 6.45) is 0.500. The summed E-state index contributed by atoms with van der Waals surface area (Å²) < 4.78 is 25.1. The minimum atomic E-state index is -2.42. The van der Waals surface area contributed by atoms with Gasteiger partial charge in [-0.25, -0.2) is 8.78 Å². The Kier molecular flexibility index (Phi) is 2.03. The first-order chi connectivity index (χ1) is 6.08. The zero-order valence-corrected chi connectivity index (χ0v) is 7.69. The Bertz CT molecular complexity index is 305. The van der Waals surface area contributed by atoms with Crippen LogP contribution in [0.15, 0.2) is 24.3 Å². The summed E-state index contributed by atoms with van der Waals surface area (Å²) in [6, 6.07) is 7.07. The number of halogens is 3. The highest BCUT2D eigenvalue weighted by molar-refractivity contribution is 6.30. The molecule has 1 saturated carbocycles. The lowest BCUT2D eigenvalue weighted by Gasteiger charge is -1.99. The van der Waals surface area contributed by atoms with Gasteiger partial charge in [-0.05, 0) is 24.1 Å². The monoisotopic (exact) mass is 202 g/mol. The van der Waals surface area contributed by atoms with Crippen LogP contribution < -0.4 is 0 Å². The summed E-state index contributed by atoms with van der Waals surface area (Å²) in [5.74, 6) is -2.87.